The highest BCUT2D eigenvalue weighted by molar-refractivity contribution is 5.76. The van der Waals surface area contributed by atoms with Crippen molar-refractivity contribution in [3.05, 3.63) is 29.8 Å². The van der Waals surface area contributed by atoms with Crippen molar-refractivity contribution in [1.82, 2.24) is 4.90 Å². The predicted octanol–water partition coefficient (Wildman–Crippen LogP) is 2.87. The van der Waals surface area contributed by atoms with Crippen LogP contribution < -0.4 is 4.74 Å². The van der Waals surface area contributed by atoms with E-state index in [2.05, 4.69) is 0 Å². The SMILES string of the molecule is Cc1cccc(OCCCC(=O)N2CCC(CC(=O)O)CC2)c1. The maximum atomic E-state index is 12.1. The highest BCUT2D eigenvalue weighted by Crippen LogP contribution is 2.21. The summed E-state index contributed by atoms with van der Waals surface area (Å²) in [4.78, 5) is 24.7. The second-order valence-electron chi connectivity index (χ2n) is 6.19. The van der Waals surface area contributed by atoms with Gasteiger partial charge in [-0.15, -0.1) is 0 Å². The van der Waals surface area contributed by atoms with Gasteiger partial charge >= 0.3 is 5.97 Å². The first-order valence-electron chi connectivity index (χ1n) is 8.23. The monoisotopic (exact) mass is 319 g/mol. The molecule has 0 aliphatic carbocycles. The van der Waals surface area contributed by atoms with Crippen LogP contribution in [0.2, 0.25) is 0 Å². The molecule has 1 heterocycles. The number of hydrogen-bond donors (Lipinski definition) is 1. The van der Waals surface area contributed by atoms with Crippen LogP contribution in [0.15, 0.2) is 24.3 Å². The van der Waals surface area contributed by atoms with Crippen LogP contribution in [0.4, 0.5) is 0 Å². The summed E-state index contributed by atoms with van der Waals surface area (Å²) in [5, 5.41) is 8.80. The van der Waals surface area contributed by atoms with Crippen LogP contribution in [0.5, 0.6) is 5.75 Å². The van der Waals surface area contributed by atoms with Crippen LogP contribution in [-0.2, 0) is 9.59 Å². The Hall–Kier alpha value is -2.04. The lowest BCUT2D eigenvalue weighted by atomic mass is 9.93. The van der Waals surface area contributed by atoms with Gasteiger partial charge in [-0.25, -0.2) is 0 Å². The van der Waals surface area contributed by atoms with Gasteiger partial charge in [0.05, 0.1) is 6.61 Å². The van der Waals surface area contributed by atoms with E-state index < -0.39 is 5.97 Å². The average Bonchev–Trinajstić information content (AvgIpc) is 2.51. The summed E-state index contributed by atoms with van der Waals surface area (Å²) in [6.07, 6.45) is 2.97. The number of piperidine rings is 1. The molecule has 1 aliphatic rings. The molecular weight excluding hydrogens is 294 g/mol. The van der Waals surface area contributed by atoms with E-state index in [1.165, 1.54) is 0 Å². The molecule has 1 saturated heterocycles. The van der Waals surface area contributed by atoms with E-state index in [0.29, 0.717) is 32.5 Å². The van der Waals surface area contributed by atoms with Gasteiger partial charge in [0.15, 0.2) is 0 Å². The maximum absolute atomic E-state index is 12.1. The number of rotatable bonds is 7. The lowest BCUT2D eigenvalue weighted by Gasteiger charge is -2.31. The Labute approximate surface area is 137 Å². The highest BCUT2D eigenvalue weighted by atomic mass is 16.5. The number of aliphatic carboxylic acids is 1. The van der Waals surface area contributed by atoms with Gasteiger partial charge < -0.3 is 14.7 Å². The molecular formula is C18H25NO4. The quantitative estimate of drug-likeness (QED) is 0.785. The first-order valence-corrected chi connectivity index (χ1v) is 8.23. The molecule has 2 rings (SSSR count). The molecule has 5 nitrogen and oxygen atoms in total. The van der Waals surface area contributed by atoms with Crippen LogP contribution in [0.3, 0.4) is 0 Å². The third-order valence-corrected chi connectivity index (χ3v) is 4.22. The first-order chi connectivity index (χ1) is 11.0. The largest absolute Gasteiger partial charge is 0.494 e. The standard InChI is InChI=1S/C18H25NO4/c1-14-4-2-5-16(12-14)23-11-3-6-17(20)19-9-7-15(8-10-19)13-18(21)22/h2,4-5,12,15H,3,6-11,13H2,1H3,(H,21,22). The number of hydrogen-bond acceptors (Lipinski definition) is 3. The fourth-order valence-corrected chi connectivity index (χ4v) is 2.91. The zero-order valence-corrected chi connectivity index (χ0v) is 13.7. The number of ether oxygens (including phenoxy) is 1. The van der Waals surface area contributed by atoms with Gasteiger partial charge in [-0.05, 0) is 49.8 Å². The Bertz CT molecular complexity index is 536. The Morgan fingerprint density at radius 1 is 1.30 bits per heavy atom. The molecule has 126 valence electrons. The molecule has 0 bridgehead atoms. The van der Waals surface area contributed by atoms with Crippen molar-refractivity contribution >= 4 is 11.9 Å². The third-order valence-electron chi connectivity index (χ3n) is 4.22. The summed E-state index contributed by atoms with van der Waals surface area (Å²) in [6.45, 7) is 3.90. The smallest absolute Gasteiger partial charge is 0.303 e. The zero-order chi connectivity index (χ0) is 16.7. The number of carboxylic acids is 1. The van der Waals surface area contributed by atoms with Crippen molar-refractivity contribution in [2.45, 2.75) is 39.0 Å². The van der Waals surface area contributed by atoms with Crippen LogP contribution >= 0.6 is 0 Å². The van der Waals surface area contributed by atoms with Crippen LogP contribution in [0.25, 0.3) is 0 Å². The van der Waals surface area contributed by atoms with Crippen LogP contribution in [0, 0.1) is 12.8 Å². The Morgan fingerprint density at radius 3 is 2.70 bits per heavy atom. The molecule has 1 aromatic rings. The van der Waals surface area contributed by atoms with Gasteiger partial charge in [0.1, 0.15) is 5.75 Å². The molecule has 23 heavy (non-hydrogen) atoms. The number of nitrogens with zero attached hydrogens (tertiary/aromatic N) is 1. The minimum absolute atomic E-state index is 0.145. The predicted molar refractivity (Wildman–Crippen MR) is 87.5 cm³/mol. The molecule has 0 radical (unpaired) electrons. The van der Waals surface area contributed by atoms with Crippen molar-refractivity contribution in [3.8, 4) is 5.75 Å². The van der Waals surface area contributed by atoms with E-state index in [9.17, 15) is 9.59 Å². The fraction of sp³-hybridized carbons (Fsp3) is 0.556. The molecule has 1 amide bonds. The summed E-state index contributed by atoms with van der Waals surface area (Å²) in [5.74, 6) is 0.447. The summed E-state index contributed by atoms with van der Waals surface area (Å²) < 4.78 is 5.65. The van der Waals surface area contributed by atoms with Gasteiger partial charge in [-0.3, -0.25) is 9.59 Å². The molecule has 1 aromatic carbocycles. The molecule has 0 spiro atoms. The molecule has 1 aliphatic heterocycles. The van der Waals surface area contributed by atoms with E-state index in [0.717, 1.165) is 24.2 Å². The minimum Gasteiger partial charge on any atom is -0.494 e. The summed E-state index contributed by atoms with van der Waals surface area (Å²) in [5.41, 5.74) is 1.16. The topological polar surface area (TPSA) is 66.8 Å². The number of amides is 1. The average molecular weight is 319 g/mol. The summed E-state index contributed by atoms with van der Waals surface area (Å²) in [7, 11) is 0. The van der Waals surface area contributed by atoms with Crippen molar-refractivity contribution in [3.63, 3.8) is 0 Å². The van der Waals surface area contributed by atoms with E-state index in [1.54, 1.807) is 0 Å². The normalized spacial score (nSPS) is 15.4. The minimum atomic E-state index is -0.747. The Balaban J connectivity index is 1.63. The third kappa shape index (κ3) is 5.93. The number of aryl methyl sites for hydroxylation is 1. The molecule has 5 heteroatoms. The maximum Gasteiger partial charge on any atom is 0.303 e. The van der Waals surface area contributed by atoms with E-state index >= 15 is 0 Å². The van der Waals surface area contributed by atoms with Gasteiger partial charge in [-0.2, -0.15) is 0 Å². The second-order valence-corrected chi connectivity index (χ2v) is 6.19. The van der Waals surface area contributed by atoms with E-state index in [1.807, 2.05) is 36.1 Å². The fourth-order valence-electron chi connectivity index (χ4n) is 2.91. The number of carbonyl (C=O) groups excluding carboxylic acids is 1. The highest BCUT2D eigenvalue weighted by Gasteiger charge is 2.23. The lowest BCUT2D eigenvalue weighted by molar-refractivity contribution is -0.138. The molecule has 1 fully saturated rings. The van der Waals surface area contributed by atoms with Gasteiger partial charge in [0, 0.05) is 25.9 Å². The van der Waals surface area contributed by atoms with Crippen LogP contribution in [-0.4, -0.2) is 41.6 Å². The molecule has 0 saturated carbocycles. The van der Waals surface area contributed by atoms with Crippen molar-refractivity contribution < 1.29 is 19.4 Å². The molecule has 0 unspecified atom stereocenters. The lowest BCUT2D eigenvalue weighted by Crippen LogP contribution is -2.38. The van der Waals surface area contributed by atoms with Crippen LogP contribution in [0.1, 0.15) is 37.7 Å². The Morgan fingerprint density at radius 2 is 2.04 bits per heavy atom. The summed E-state index contributed by atoms with van der Waals surface area (Å²) >= 11 is 0. The number of carbonyl (C=O) groups is 2. The first kappa shape index (κ1) is 17.3. The Kier molecular flexibility index (Phi) is 6.44. The molecule has 0 atom stereocenters. The number of likely N-dealkylation sites (tertiary alicyclic amines) is 1. The van der Waals surface area contributed by atoms with Crippen molar-refractivity contribution in [2.75, 3.05) is 19.7 Å². The van der Waals surface area contributed by atoms with Gasteiger partial charge in [0.25, 0.3) is 0 Å². The zero-order valence-electron chi connectivity index (χ0n) is 13.7. The molecule has 1 N–H and O–H groups in total. The van der Waals surface area contributed by atoms with Gasteiger partial charge in [0.2, 0.25) is 5.91 Å². The van der Waals surface area contributed by atoms with Gasteiger partial charge in [-0.1, -0.05) is 12.1 Å². The number of carboxylic acid groups (broad SMARTS) is 1. The van der Waals surface area contributed by atoms with E-state index in [-0.39, 0.29) is 18.2 Å². The number of benzene rings is 1. The summed E-state index contributed by atoms with van der Waals surface area (Å²) in [6, 6.07) is 7.87. The van der Waals surface area contributed by atoms with Crippen molar-refractivity contribution in [2.24, 2.45) is 5.92 Å². The van der Waals surface area contributed by atoms with Crippen molar-refractivity contribution in [1.29, 1.82) is 0 Å². The van der Waals surface area contributed by atoms with E-state index in [4.69, 9.17) is 9.84 Å². The molecule has 0 aromatic heterocycles. The second kappa shape index (κ2) is 8.56.